The molecule has 0 unspecified atom stereocenters. The molecule has 0 spiro atoms. The lowest BCUT2D eigenvalue weighted by Gasteiger charge is -2.11. The third-order valence-corrected chi connectivity index (χ3v) is 4.77. The van der Waals surface area contributed by atoms with Crippen LogP contribution in [0.5, 0.6) is 5.75 Å². The van der Waals surface area contributed by atoms with Crippen LogP contribution in [0.15, 0.2) is 47.4 Å². The minimum atomic E-state index is -0.854. The molecule has 9 heteroatoms. The van der Waals surface area contributed by atoms with E-state index >= 15 is 0 Å². The predicted molar refractivity (Wildman–Crippen MR) is 111 cm³/mol. The van der Waals surface area contributed by atoms with Gasteiger partial charge in [-0.05, 0) is 38.1 Å². The lowest BCUT2D eigenvalue weighted by atomic mass is 10.1. The van der Waals surface area contributed by atoms with Crippen LogP contribution in [-0.2, 0) is 11.3 Å². The largest absolute Gasteiger partial charge is 0.489 e. The van der Waals surface area contributed by atoms with E-state index in [1.165, 1.54) is 0 Å². The number of hydrogen-bond donors (Lipinski definition) is 1. The first-order chi connectivity index (χ1) is 14.4. The Morgan fingerprint density at radius 3 is 2.87 bits per heavy atom. The van der Waals surface area contributed by atoms with Crippen molar-refractivity contribution in [3.05, 3.63) is 47.9 Å². The van der Waals surface area contributed by atoms with Crippen molar-refractivity contribution >= 4 is 28.5 Å². The maximum atomic E-state index is 10.9. The molecule has 0 bridgehead atoms. The number of benzene rings is 1. The summed E-state index contributed by atoms with van der Waals surface area (Å²) in [5, 5.41) is 14.3. The van der Waals surface area contributed by atoms with Gasteiger partial charge in [-0.2, -0.15) is 4.98 Å². The third kappa shape index (κ3) is 3.99. The number of pyridine rings is 1. The van der Waals surface area contributed by atoms with E-state index in [1.54, 1.807) is 24.5 Å². The summed E-state index contributed by atoms with van der Waals surface area (Å²) in [6.45, 7) is 4.21. The molecule has 3 aromatic heterocycles. The Hall–Kier alpha value is -3.39. The molecule has 0 aliphatic rings. The molecular weight excluding hydrogens is 408 g/mol. The lowest BCUT2D eigenvalue weighted by molar-refractivity contribution is -0.137. The number of carbonyl (C=O) groups is 1. The average Bonchev–Trinajstić information content (AvgIpc) is 3.34. The van der Waals surface area contributed by atoms with Gasteiger partial charge in [0.05, 0.1) is 34.8 Å². The zero-order valence-electron chi connectivity index (χ0n) is 16.4. The fourth-order valence-corrected chi connectivity index (χ4v) is 3.36. The molecule has 1 N–H and O–H groups in total. The van der Waals surface area contributed by atoms with Gasteiger partial charge < -0.3 is 18.9 Å². The molecule has 0 fully saturated rings. The zero-order chi connectivity index (χ0) is 21.3. The highest BCUT2D eigenvalue weighted by molar-refractivity contribution is 6.32. The second kappa shape index (κ2) is 8.16. The van der Waals surface area contributed by atoms with Crippen LogP contribution in [0.2, 0.25) is 5.02 Å². The molecule has 0 saturated carbocycles. The van der Waals surface area contributed by atoms with Gasteiger partial charge in [-0.15, -0.1) is 0 Å². The number of aromatic nitrogens is 4. The Morgan fingerprint density at radius 2 is 2.13 bits per heavy atom. The molecule has 0 radical (unpaired) electrons. The average molecular weight is 427 g/mol. The number of carboxylic acid groups (broad SMARTS) is 1. The number of ether oxygens (including phenoxy) is 1. The van der Waals surface area contributed by atoms with Gasteiger partial charge in [0.1, 0.15) is 5.75 Å². The quantitative estimate of drug-likeness (QED) is 0.458. The van der Waals surface area contributed by atoms with Crippen LogP contribution < -0.4 is 4.74 Å². The molecule has 4 rings (SSSR count). The summed E-state index contributed by atoms with van der Waals surface area (Å²) < 4.78 is 12.9. The molecule has 0 saturated heterocycles. The molecule has 0 amide bonds. The van der Waals surface area contributed by atoms with Crippen LogP contribution in [0.25, 0.3) is 33.7 Å². The Kier molecular flexibility index (Phi) is 5.41. The van der Waals surface area contributed by atoms with Gasteiger partial charge in [-0.1, -0.05) is 16.8 Å². The zero-order valence-corrected chi connectivity index (χ0v) is 17.1. The van der Waals surface area contributed by atoms with Crippen LogP contribution in [0.3, 0.4) is 0 Å². The second-order valence-electron chi connectivity index (χ2n) is 7.01. The Balaban J connectivity index is 1.65. The van der Waals surface area contributed by atoms with Crippen molar-refractivity contribution < 1.29 is 19.2 Å². The standard InChI is InChI=1S/C21H19ClN4O4/c1-12(2)29-18-4-3-13(9-16(18)22)21-24-20(25-30-21)15-10-23-11-17-14(15)5-7-26(17)8-6-19(27)28/h3-5,7,9-12H,6,8H2,1-2H3,(H,27,28). The summed E-state index contributed by atoms with van der Waals surface area (Å²) in [5.74, 6) is 0.446. The van der Waals surface area contributed by atoms with Crippen molar-refractivity contribution in [1.29, 1.82) is 0 Å². The number of nitrogens with zero attached hydrogens (tertiary/aromatic N) is 4. The molecule has 154 valence electrons. The van der Waals surface area contributed by atoms with E-state index < -0.39 is 5.97 Å². The first-order valence-corrected chi connectivity index (χ1v) is 9.75. The molecule has 0 aliphatic heterocycles. The molecule has 0 aliphatic carbocycles. The number of aryl methyl sites for hydroxylation is 1. The Bertz CT molecular complexity index is 1210. The normalized spacial score (nSPS) is 11.3. The maximum absolute atomic E-state index is 10.9. The molecule has 8 nitrogen and oxygen atoms in total. The molecule has 30 heavy (non-hydrogen) atoms. The van der Waals surface area contributed by atoms with Gasteiger partial charge in [0.25, 0.3) is 5.89 Å². The minimum Gasteiger partial charge on any atom is -0.489 e. The van der Waals surface area contributed by atoms with Gasteiger partial charge in [0, 0.05) is 29.9 Å². The fraction of sp³-hybridized carbons (Fsp3) is 0.238. The number of carboxylic acids is 1. The molecule has 1 aromatic carbocycles. The van der Waals surface area contributed by atoms with Crippen LogP contribution in [0, 0.1) is 0 Å². The van der Waals surface area contributed by atoms with Crippen molar-refractivity contribution in [3.63, 3.8) is 0 Å². The number of rotatable bonds is 7. The van der Waals surface area contributed by atoms with Crippen LogP contribution in [0.4, 0.5) is 0 Å². The van der Waals surface area contributed by atoms with E-state index in [-0.39, 0.29) is 12.5 Å². The van der Waals surface area contributed by atoms with Gasteiger partial charge in [0.2, 0.25) is 5.82 Å². The maximum Gasteiger partial charge on any atom is 0.305 e. The molecular formula is C21H19ClN4O4. The summed E-state index contributed by atoms with van der Waals surface area (Å²) in [4.78, 5) is 19.6. The van der Waals surface area contributed by atoms with Crippen molar-refractivity contribution in [2.45, 2.75) is 32.9 Å². The summed E-state index contributed by atoms with van der Waals surface area (Å²) in [5.41, 5.74) is 2.18. The van der Waals surface area contributed by atoms with Gasteiger partial charge >= 0.3 is 5.97 Å². The van der Waals surface area contributed by atoms with E-state index in [0.717, 1.165) is 10.9 Å². The first-order valence-electron chi connectivity index (χ1n) is 9.37. The van der Waals surface area contributed by atoms with E-state index in [4.69, 9.17) is 26.0 Å². The van der Waals surface area contributed by atoms with E-state index in [0.29, 0.717) is 40.2 Å². The number of fused-ring (bicyclic) bond motifs is 1. The minimum absolute atomic E-state index is 0.0131. The monoisotopic (exact) mass is 426 g/mol. The Morgan fingerprint density at radius 1 is 1.30 bits per heavy atom. The highest BCUT2D eigenvalue weighted by atomic mass is 35.5. The number of aliphatic carboxylic acids is 1. The van der Waals surface area contributed by atoms with Crippen molar-refractivity contribution in [2.75, 3.05) is 0 Å². The Labute approximate surface area is 177 Å². The van der Waals surface area contributed by atoms with Gasteiger partial charge in [-0.3, -0.25) is 9.78 Å². The number of hydrogen-bond acceptors (Lipinski definition) is 6. The van der Waals surface area contributed by atoms with E-state index in [2.05, 4.69) is 15.1 Å². The smallest absolute Gasteiger partial charge is 0.305 e. The summed E-state index contributed by atoms with van der Waals surface area (Å²) in [7, 11) is 0. The van der Waals surface area contributed by atoms with Gasteiger partial charge in [-0.25, -0.2) is 0 Å². The predicted octanol–water partition coefficient (Wildman–Crippen LogP) is 4.67. The van der Waals surface area contributed by atoms with Crippen molar-refractivity contribution in [2.24, 2.45) is 0 Å². The van der Waals surface area contributed by atoms with Gasteiger partial charge in [0.15, 0.2) is 0 Å². The van der Waals surface area contributed by atoms with Crippen molar-refractivity contribution in [1.82, 2.24) is 19.7 Å². The summed E-state index contributed by atoms with van der Waals surface area (Å²) in [6.07, 6.45) is 5.21. The molecule has 4 aromatic rings. The SMILES string of the molecule is CC(C)Oc1ccc(-c2nc(-c3cncc4c3ccn4CCC(=O)O)no2)cc1Cl. The number of halogens is 1. The van der Waals surface area contributed by atoms with Crippen molar-refractivity contribution in [3.8, 4) is 28.6 Å². The lowest BCUT2D eigenvalue weighted by Crippen LogP contribution is -2.05. The summed E-state index contributed by atoms with van der Waals surface area (Å²) in [6, 6.07) is 7.19. The van der Waals surface area contributed by atoms with Crippen LogP contribution in [-0.4, -0.2) is 36.9 Å². The summed E-state index contributed by atoms with van der Waals surface area (Å²) >= 11 is 6.31. The molecule has 3 heterocycles. The van der Waals surface area contributed by atoms with E-state index in [1.807, 2.05) is 36.7 Å². The first kappa shape index (κ1) is 19.9. The second-order valence-corrected chi connectivity index (χ2v) is 7.41. The third-order valence-electron chi connectivity index (χ3n) is 4.47. The fourth-order valence-electron chi connectivity index (χ4n) is 3.13. The van der Waals surface area contributed by atoms with Crippen LogP contribution >= 0.6 is 11.6 Å². The highest BCUT2D eigenvalue weighted by Gasteiger charge is 2.16. The van der Waals surface area contributed by atoms with Crippen LogP contribution in [0.1, 0.15) is 20.3 Å². The molecule has 0 atom stereocenters. The topological polar surface area (TPSA) is 103 Å². The van der Waals surface area contributed by atoms with E-state index in [9.17, 15) is 4.79 Å². The highest BCUT2D eigenvalue weighted by Crippen LogP contribution is 2.32.